The molecule has 2 N–H and O–H groups in total. The molecule has 1 heterocycles. The van der Waals surface area contributed by atoms with Gasteiger partial charge in [0.15, 0.2) is 5.82 Å². The van der Waals surface area contributed by atoms with Crippen molar-refractivity contribution in [3.05, 3.63) is 54.0 Å². The second-order valence-electron chi connectivity index (χ2n) is 4.49. The van der Waals surface area contributed by atoms with E-state index in [4.69, 9.17) is 0 Å². The zero-order chi connectivity index (χ0) is 15.5. The van der Waals surface area contributed by atoms with Crippen LogP contribution in [0.15, 0.2) is 47.6 Å². The fourth-order valence-corrected chi connectivity index (χ4v) is 2.98. The Morgan fingerprint density at radius 2 is 1.90 bits per heavy atom. The third kappa shape index (κ3) is 3.37. The van der Waals surface area contributed by atoms with E-state index in [0.717, 1.165) is 11.6 Å². The Bertz CT molecular complexity index is 735. The van der Waals surface area contributed by atoms with Crippen LogP contribution in [0.1, 0.15) is 18.5 Å². The molecule has 0 radical (unpaired) electrons. The Labute approximate surface area is 123 Å². The molecular formula is C14H16FN3O2S. The van der Waals surface area contributed by atoms with E-state index in [9.17, 15) is 12.8 Å². The minimum atomic E-state index is -4.07. The van der Waals surface area contributed by atoms with Crippen molar-refractivity contribution in [3.8, 4) is 0 Å². The summed E-state index contributed by atoms with van der Waals surface area (Å²) in [6.07, 6.45) is 1.24. The quantitative estimate of drug-likeness (QED) is 0.889. The molecule has 0 bridgehead atoms. The van der Waals surface area contributed by atoms with Crippen LogP contribution >= 0.6 is 0 Å². The predicted molar refractivity (Wildman–Crippen MR) is 78.9 cm³/mol. The molecule has 112 valence electrons. The van der Waals surface area contributed by atoms with Crippen molar-refractivity contribution in [2.24, 2.45) is 0 Å². The molecule has 0 spiro atoms. The van der Waals surface area contributed by atoms with E-state index in [2.05, 4.69) is 15.0 Å². The third-order valence-electron chi connectivity index (χ3n) is 3.08. The van der Waals surface area contributed by atoms with Crippen LogP contribution in [0.25, 0.3) is 0 Å². The van der Waals surface area contributed by atoms with Gasteiger partial charge in [-0.1, -0.05) is 18.2 Å². The largest absolute Gasteiger partial charge is 0.313 e. The monoisotopic (exact) mass is 309 g/mol. The Kier molecular flexibility index (Phi) is 4.54. The Morgan fingerprint density at radius 3 is 2.57 bits per heavy atom. The van der Waals surface area contributed by atoms with Crippen molar-refractivity contribution >= 4 is 15.7 Å². The number of rotatable bonds is 5. The van der Waals surface area contributed by atoms with E-state index >= 15 is 0 Å². The van der Waals surface area contributed by atoms with Gasteiger partial charge in [-0.2, -0.15) is 8.42 Å². The second-order valence-corrected chi connectivity index (χ2v) is 6.09. The van der Waals surface area contributed by atoms with Crippen LogP contribution in [0.2, 0.25) is 0 Å². The summed E-state index contributed by atoms with van der Waals surface area (Å²) in [7, 11) is -2.30. The van der Waals surface area contributed by atoms with E-state index in [1.165, 1.54) is 12.3 Å². The first-order valence-electron chi connectivity index (χ1n) is 6.35. The molecule has 2 rings (SSSR count). The van der Waals surface area contributed by atoms with Gasteiger partial charge in [0, 0.05) is 12.2 Å². The number of para-hydroxylation sites is 1. The van der Waals surface area contributed by atoms with Gasteiger partial charge in [0.25, 0.3) is 10.0 Å². The highest BCUT2D eigenvalue weighted by atomic mass is 32.2. The van der Waals surface area contributed by atoms with E-state index in [0.29, 0.717) is 5.69 Å². The number of benzene rings is 1. The maximum Gasteiger partial charge on any atom is 0.282 e. The lowest BCUT2D eigenvalue weighted by molar-refractivity contribution is 0.556. The standard InChI is InChI=1S/C14H16FN3O2S/c1-10(16-2)11-6-3-4-8-13(11)18-21(19,20)14-12(15)7-5-9-17-14/h3-10,16,18H,1-2H3. The first-order valence-corrected chi connectivity index (χ1v) is 7.83. The molecule has 0 aliphatic rings. The van der Waals surface area contributed by atoms with Gasteiger partial charge in [-0.3, -0.25) is 4.72 Å². The highest BCUT2D eigenvalue weighted by Gasteiger charge is 2.22. The minimum absolute atomic E-state index is 0.0579. The number of halogens is 1. The number of hydrogen-bond donors (Lipinski definition) is 2. The lowest BCUT2D eigenvalue weighted by atomic mass is 10.1. The van der Waals surface area contributed by atoms with Crippen LogP contribution in [0.4, 0.5) is 10.1 Å². The number of pyridine rings is 1. The predicted octanol–water partition coefficient (Wildman–Crippen LogP) is 2.30. The molecule has 1 aromatic heterocycles. The number of aromatic nitrogens is 1. The molecule has 0 amide bonds. The average molecular weight is 309 g/mol. The van der Waals surface area contributed by atoms with Gasteiger partial charge in [-0.05, 0) is 37.7 Å². The zero-order valence-corrected chi connectivity index (χ0v) is 12.5. The second kappa shape index (κ2) is 6.19. The average Bonchev–Trinajstić information content (AvgIpc) is 2.47. The molecule has 7 heteroatoms. The molecule has 1 atom stereocenters. The highest BCUT2D eigenvalue weighted by molar-refractivity contribution is 7.92. The normalized spacial score (nSPS) is 12.9. The molecule has 1 aromatic carbocycles. The zero-order valence-electron chi connectivity index (χ0n) is 11.7. The van der Waals surface area contributed by atoms with Gasteiger partial charge in [0.2, 0.25) is 5.03 Å². The Morgan fingerprint density at radius 1 is 1.19 bits per heavy atom. The highest BCUT2D eigenvalue weighted by Crippen LogP contribution is 2.25. The Hall–Kier alpha value is -1.99. The first-order chi connectivity index (χ1) is 9.95. The Balaban J connectivity index is 2.41. The van der Waals surface area contributed by atoms with Crippen molar-refractivity contribution in [2.45, 2.75) is 18.0 Å². The summed E-state index contributed by atoms with van der Waals surface area (Å²) in [5.74, 6) is -0.885. The first kappa shape index (κ1) is 15.4. The molecule has 21 heavy (non-hydrogen) atoms. The van der Waals surface area contributed by atoms with Crippen LogP contribution in [0.3, 0.4) is 0 Å². The molecule has 0 fully saturated rings. The summed E-state index contributed by atoms with van der Waals surface area (Å²) in [4.78, 5) is 3.60. The third-order valence-corrected chi connectivity index (χ3v) is 4.38. The lowest BCUT2D eigenvalue weighted by Crippen LogP contribution is -2.20. The van der Waals surface area contributed by atoms with Crippen LogP contribution < -0.4 is 10.0 Å². The fraction of sp³-hybridized carbons (Fsp3) is 0.214. The van der Waals surface area contributed by atoms with Crippen LogP contribution in [0, 0.1) is 5.82 Å². The van der Waals surface area contributed by atoms with Gasteiger partial charge in [0.1, 0.15) is 0 Å². The molecule has 0 aliphatic heterocycles. The summed E-state index contributed by atoms with van der Waals surface area (Å²) < 4.78 is 40.5. The molecule has 0 saturated heterocycles. The summed E-state index contributed by atoms with van der Waals surface area (Å²) >= 11 is 0. The van der Waals surface area contributed by atoms with Gasteiger partial charge < -0.3 is 5.32 Å². The summed E-state index contributed by atoms with van der Waals surface area (Å²) in [5.41, 5.74) is 1.16. The molecule has 0 aliphatic carbocycles. The van der Waals surface area contributed by atoms with Gasteiger partial charge >= 0.3 is 0 Å². The SMILES string of the molecule is CNC(C)c1ccccc1NS(=O)(=O)c1ncccc1F. The van der Waals surface area contributed by atoms with Crippen molar-refractivity contribution in [2.75, 3.05) is 11.8 Å². The lowest BCUT2D eigenvalue weighted by Gasteiger charge is -2.17. The van der Waals surface area contributed by atoms with Crippen LogP contribution in [-0.2, 0) is 10.0 Å². The minimum Gasteiger partial charge on any atom is -0.313 e. The maximum absolute atomic E-state index is 13.6. The van der Waals surface area contributed by atoms with Crippen molar-refractivity contribution in [1.29, 1.82) is 0 Å². The summed E-state index contributed by atoms with van der Waals surface area (Å²) in [6.45, 7) is 1.90. The fourth-order valence-electron chi connectivity index (χ4n) is 1.89. The smallest absolute Gasteiger partial charge is 0.282 e. The number of hydrogen-bond acceptors (Lipinski definition) is 4. The molecular weight excluding hydrogens is 293 g/mol. The van der Waals surface area contributed by atoms with Crippen molar-refractivity contribution in [3.63, 3.8) is 0 Å². The number of nitrogens with one attached hydrogen (secondary N) is 2. The summed E-state index contributed by atoms with van der Waals surface area (Å²) in [5, 5.41) is 2.42. The topological polar surface area (TPSA) is 71.1 Å². The van der Waals surface area contributed by atoms with Crippen molar-refractivity contribution in [1.82, 2.24) is 10.3 Å². The summed E-state index contributed by atoms with van der Waals surface area (Å²) in [6, 6.07) is 9.28. The van der Waals surface area contributed by atoms with E-state index < -0.39 is 20.9 Å². The van der Waals surface area contributed by atoms with Crippen LogP contribution in [0.5, 0.6) is 0 Å². The molecule has 1 unspecified atom stereocenters. The van der Waals surface area contributed by atoms with Crippen LogP contribution in [-0.4, -0.2) is 20.4 Å². The van der Waals surface area contributed by atoms with Gasteiger partial charge in [-0.25, -0.2) is 9.37 Å². The molecule has 5 nitrogen and oxygen atoms in total. The van der Waals surface area contributed by atoms with E-state index in [-0.39, 0.29) is 6.04 Å². The van der Waals surface area contributed by atoms with Crippen molar-refractivity contribution < 1.29 is 12.8 Å². The van der Waals surface area contributed by atoms with Gasteiger partial charge in [0.05, 0.1) is 5.69 Å². The maximum atomic E-state index is 13.6. The number of sulfonamides is 1. The molecule has 2 aromatic rings. The van der Waals surface area contributed by atoms with E-state index in [1.807, 2.05) is 13.0 Å². The van der Waals surface area contributed by atoms with E-state index in [1.54, 1.807) is 25.2 Å². The molecule has 0 saturated carbocycles. The number of nitrogens with zero attached hydrogens (tertiary/aromatic N) is 1. The number of anilines is 1. The van der Waals surface area contributed by atoms with Gasteiger partial charge in [-0.15, -0.1) is 0 Å².